The first kappa shape index (κ1) is 29.9. The van der Waals surface area contributed by atoms with Crippen molar-refractivity contribution in [2.75, 3.05) is 7.11 Å². The van der Waals surface area contributed by atoms with Crippen LogP contribution in [0.4, 0.5) is 4.39 Å². The number of methoxy groups -OCH3 is 1. The lowest BCUT2D eigenvalue weighted by atomic mass is 9.95. The second-order valence-corrected chi connectivity index (χ2v) is 9.85. The van der Waals surface area contributed by atoms with Crippen LogP contribution in [-0.2, 0) is 29.1 Å². The van der Waals surface area contributed by atoms with Gasteiger partial charge in [-0.3, -0.25) is 4.79 Å². The first-order valence-electron chi connectivity index (χ1n) is 12.9. The third-order valence-electron chi connectivity index (χ3n) is 6.30. The maximum atomic E-state index is 13.6. The number of hydrogen-bond donors (Lipinski definition) is 3. The smallest absolute Gasteiger partial charge is 0.272 e. The van der Waals surface area contributed by atoms with Crippen molar-refractivity contribution in [2.24, 2.45) is 0 Å². The van der Waals surface area contributed by atoms with E-state index < -0.39 is 30.4 Å². The van der Waals surface area contributed by atoms with Gasteiger partial charge in [0.05, 0.1) is 24.5 Å². The number of rotatable bonds is 14. The number of halogens is 1. The topological polar surface area (TPSA) is 137 Å². The van der Waals surface area contributed by atoms with E-state index in [2.05, 4.69) is 10.4 Å². The molecule has 0 bridgehead atoms. The molecule has 2 aromatic carbocycles. The average Bonchev–Trinajstić information content (AvgIpc) is 3.26. The second-order valence-electron chi connectivity index (χ2n) is 9.85. The normalized spacial score (nSPS) is 12.9. The predicted octanol–water partition coefficient (Wildman–Crippen LogP) is 2.40. The second kappa shape index (κ2) is 14.0. The van der Waals surface area contributed by atoms with E-state index in [4.69, 9.17) is 4.74 Å². The first-order valence-corrected chi connectivity index (χ1v) is 12.9. The largest absolute Gasteiger partial charge is 0.550 e. The van der Waals surface area contributed by atoms with Crippen molar-refractivity contribution in [1.82, 2.24) is 15.1 Å². The maximum Gasteiger partial charge on any atom is 0.272 e. The molecule has 1 aromatic heterocycles. The molecule has 2 atom stereocenters. The summed E-state index contributed by atoms with van der Waals surface area (Å²) in [5.41, 5.74) is 4.01. The van der Waals surface area contributed by atoms with Crippen molar-refractivity contribution < 1.29 is 34.0 Å². The molecule has 1 amide bonds. The Morgan fingerprint density at radius 1 is 1.10 bits per heavy atom. The van der Waals surface area contributed by atoms with Crippen LogP contribution in [-0.4, -0.2) is 51.2 Å². The van der Waals surface area contributed by atoms with Crippen molar-refractivity contribution in [2.45, 2.75) is 70.8 Å². The number of carbonyl (C=O) groups is 2. The molecule has 1 heterocycles. The van der Waals surface area contributed by atoms with E-state index in [-0.39, 0.29) is 43.3 Å². The molecule has 0 aliphatic carbocycles. The summed E-state index contributed by atoms with van der Waals surface area (Å²) >= 11 is 0. The van der Waals surface area contributed by atoms with Gasteiger partial charge in [0.2, 0.25) is 0 Å². The molecule has 0 radical (unpaired) electrons. The molecule has 0 saturated carbocycles. The van der Waals surface area contributed by atoms with Gasteiger partial charge in [0.25, 0.3) is 5.91 Å². The summed E-state index contributed by atoms with van der Waals surface area (Å²) < 4.78 is 20.4. The molecule has 39 heavy (non-hydrogen) atoms. The van der Waals surface area contributed by atoms with Crippen molar-refractivity contribution in [3.8, 4) is 5.69 Å². The zero-order valence-corrected chi connectivity index (χ0v) is 22.4. The van der Waals surface area contributed by atoms with Gasteiger partial charge in [0.15, 0.2) is 5.69 Å². The number of carboxylic acid groups (broad SMARTS) is 1. The molecule has 0 saturated heterocycles. The van der Waals surface area contributed by atoms with Gasteiger partial charge in [0.1, 0.15) is 5.82 Å². The lowest BCUT2D eigenvalue weighted by Crippen LogP contribution is -2.29. The Hall–Kier alpha value is -3.60. The summed E-state index contributed by atoms with van der Waals surface area (Å²) in [4.78, 5) is 24.1. The molecule has 10 heteroatoms. The number of benzene rings is 2. The molecule has 3 N–H and O–H groups in total. The Labute approximate surface area is 227 Å². The Morgan fingerprint density at radius 3 is 2.44 bits per heavy atom. The van der Waals surface area contributed by atoms with Gasteiger partial charge in [-0.25, -0.2) is 9.07 Å². The van der Waals surface area contributed by atoms with Crippen LogP contribution in [0.25, 0.3) is 5.69 Å². The Morgan fingerprint density at radius 2 is 1.79 bits per heavy atom. The average molecular weight is 541 g/mol. The monoisotopic (exact) mass is 540 g/mol. The van der Waals surface area contributed by atoms with Gasteiger partial charge in [-0.15, -0.1) is 0 Å². The fourth-order valence-electron chi connectivity index (χ4n) is 4.55. The van der Waals surface area contributed by atoms with Gasteiger partial charge >= 0.3 is 0 Å². The number of nitrogens with one attached hydrogen (secondary N) is 1. The summed E-state index contributed by atoms with van der Waals surface area (Å²) in [5.74, 6) is -2.29. The van der Waals surface area contributed by atoms with E-state index in [1.807, 2.05) is 38.1 Å². The fraction of sp³-hybridized carbons (Fsp3) is 0.414. The minimum Gasteiger partial charge on any atom is -0.550 e. The third kappa shape index (κ3) is 8.44. The van der Waals surface area contributed by atoms with Gasteiger partial charge < -0.3 is 30.2 Å². The fourth-order valence-corrected chi connectivity index (χ4v) is 4.55. The summed E-state index contributed by atoms with van der Waals surface area (Å²) in [7, 11) is 1.62. The number of aliphatic carboxylic acids is 1. The van der Waals surface area contributed by atoms with Gasteiger partial charge in [-0.1, -0.05) is 38.1 Å². The Bertz CT molecular complexity index is 1260. The minimum atomic E-state index is -1.40. The molecule has 0 fully saturated rings. The zero-order valence-electron chi connectivity index (χ0n) is 22.4. The van der Waals surface area contributed by atoms with E-state index in [0.29, 0.717) is 23.6 Å². The molecule has 0 aliphatic heterocycles. The number of ether oxygens (including phenoxy) is 1. The van der Waals surface area contributed by atoms with Crippen molar-refractivity contribution in [3.63, 3.8) is 0 Å². The Kier molecular flexibility index (Phi) is 10.7. The number of hydrogen-bond acceptors (Lipinski definition) is 7. The van der Waals surface area contributed by atoms with Crippen molar-refractivity contribution >= 4 is 11.9 Å². The highest BCUT2D eigenvalue weighted by atomic mass is 19.1. The standard InChI is InChI=1S/C29H36FN3O6/c1-18(2)27-25(12-11-23(34)14-24(35)15-26(36)37)33(22-9-7-21(30)8-10-22)32-28(27)29(38)31-16-19-5-4-6-20(13-19)17-39-3/h4-10,13,18,23-24,34-35H,11-12,14-17H2,1-3H3,(H,31,38)(H,36,37)/p-1/t23-,24-/m1/s1. The molecule has 0 unspecified atom stereocenters. The first-order chi connectivity index (χ1) is 18.6. The summed E-state index contributed by atoms with van der Waals surface area (Å²) in [5, 5.41) is 38.6. The number of carboxylic acids is 1. The van der Waals surface area contributed by atoms with Gasteiger partial charge in [-0.05, 0) is 60.6 Å². The predicted molar refractivity (Wildman–Crippen MR) is 141 cm³/mol. The molecule has 210 valence electrons. The highest BCUT2D eigenvalue weighted by Gasteiger charge is 2.26. The quantitative estimate of drug-likeness (QED) is 0.286. The van der Waals surface area contributed by atoms with E-state index in [9.17, 15) is 29.3 Å². The minimum absolute atomic E-state index is 0.110. The highest BCUT2D eigenvalue weighted by molar-refractivity contribution is 5.94. The number of aliphatic hydroxyl groups excluding tert-OH is 2. The number of aromatic nitrogens is 2. The number of nitrogens with zero attached hydrogens (tertiary/aromatic N) is 2. The van der Waals surface area contributed by atoms with Crippen LogP contribution in [0.15, 0.2) is 48.5 Å². The van der Waals surface area contributed by atoms with Crippen LogP contribution in [0, 0.1) is 5.82 Å². The molecule has 9 nitrogen and oxygen atoms in total. The van der Waals surface area contributed by atoms with Crippen LogP contribution in [0.1, 0.15) is 71.9 Å². The van der Waals surface area contributed by atoms with Gasteiger partial charge in [-0.2, -0.15) is 5.10 Å². The summed E-state index contributed by atoms with van der Waals surface area (Å²) in [6, 6.07) is 13.4. The van der Waals surface area contributed by atoms with Crippen LogP contribution >= 0.6 is 0 Å². The molecule has 3 rings (SSSR count). The van der Waals surface area contributed by atoms with E-state index in [0.717, 1.165) is 11.1 Å². The van der Waals surface area contributed by atoms with E-state index in [1.54, 1.807) is 23.9 Å². The van der Waals surface area contributed by atoms with Crippen LogP contribution in [0.5, 0.6) is 0 Å². The molecule has 3 aromatic rings. The lowest BCUT2D eigenvalue weighted by Gasteiger charge is -2.17. The van der Waals surface area contributed by atoms with E-state index >= 15 is 0 Å². The number of amides is 1. The molecular formula is C29H35FN3O6-. The number of aliphatic hydroxyl groups is 2. The number of carbonyl (C=O) groups excluding carboxylic acids is 2. The maximum absolute atomic E-state index is 13.6. The van der Waals surface area contributed by atoms with E-state index in [1.165, 1.54) is 12.1 Å². The SMILES string of the molecule is COCc1cccc(CNC(=O)c2nn(-c3ccc(F)cc3)c(CC[C@@H](O)C[C@@H](O)CC(=O)[O-])c2C(C)C)c1. The molecule has 0 aliphatic rings. The van der Waals surface area contributed by atoms with Gasteiger partial charge in [0, 0.05) is 37.3 Å². The summed E-state index contributed by atoms with van der Waals surface area (Å²) in [6.07, 6.45) is -2.47. The highest BCUT2D eigenvalue weighted by Crippen LogP contribution is 2.28. The van der Waals surface area contributed by atoms with Crippen LogP contribution < -0.4 is 10.4 Å². The van der Waals surface area contributed by atoms with Crippen molar-refractivity contribution in [1.29, 1.82) is 0 Å². The van der Waals surface area contributed by atoms with Crippen LogP contribution in [0.3, 0.4) is 0 Å². The Balaban J connectivity index is 1.89. The summed E-state index contributed by atoms with van der Waals surface area (Å²) in [6.45, 7) is 4.60. The van der Waals surface area contributed by atoms with Crippen molar-refractivity contribution in [3.05, 3.63) is 82.4 Å². The van der Waals surface area contributed by atoms with Crippen LogP contribution in [0.2, 0.25) is 0 Å². The third-order valence-corrected chi connectivity index (χ3v) is 6.30. The lowest BCUT2D eigenvalue weighted by molar-refractivity contribution is -0.307. The zero-order chi connectivity index (χ0) is 28.5. The molecule has 0 spiro atoms. The molecular weight excluding hydrogens is 505 g/mol.